The molecule has 0 radical (unpaired) electrons. The Morgan fingerprint density at radius 1 is 1.44 bits per heavy atom. The molecule has 0 saturated heterocycles. The third kappa shape index (κ3) is 3.38. The molecule has 0 aliphatic rings. The highest BCUT2D eigenvalue weighted by Crippen LogP contribution is 2.29. The first kappa shape index (κ1) is 12.8. The van der Waals surface area contributed by atoms with Crippen molar-refractivity contribution in [3.8, 4) is 0 Å². The zero-order valence-electron chi connectivity index (χ0n) is 9.01. The third-order valence-electron chi connectivity index (χ3n) is 2.37. The standard InChI is InChI=1S/C12H14F3N/c1-3-11(16-2)8-9-5-4-6-10(7-9)12(13,14)15/h3-7,11,16H,1,8H2,2H3. The van der Waals surface area contributed by atoms with Crippen LogP contribution in [0.1, 0.15) is 11.1 Å². The molecule has 1 rings (SSSR count). The molecule has 4 heteroatoms. The van der Waals surface area contributed by atoms with Gasteiger partial charge in [-0.1, -0.05) is 24.3 Å². The Kier molecular flexibility index (Phi) is 4.12. The molecule has 1 unspecified atom stereocenters. The number of halogens is 3. The summed E-state index contributed by atoms with van der Waals surface area (Å²) in [5, 5.41) is 2.96. The minimum atomic E-state index is -4.28. The smallest absolute Gasteiger partial charge is 0.313 e. The third-order valence-corrected chi connectivity index (χ3v) is 2.37. The summed E-state index contributed by atoms with van der Waals surface area (Å²) < 4.78 is 37.3. The van der Waals surface area contributed by atoms with Gasteiger partial charge in [0.15, 0.2) is 0 Å². The van der Waals surface area contributed by atoms with E-state index in [0.29, 0.717) is 12.0 Å². The van der Waals surface area contributed by atoms with Gasteiger partial charge < -0.3 is 5.32 Å². The first-order valence-corrected chi connectivity index (χ1v) is 4.93. The fraction of sp³-hybridized carbons (Fsp3) is 0.333. The maximum Gasteiger partial charge on any atom is 0.416 e. The first-order chi connectivity index (χ1) is 7.47. The molecule has 0 heterocycles. The second-order valence-corrected chi connectivity index (χ2v) is 3.53. The van der Waals surface area contributed by atoms with Gasteiger partial charge in [0.2, 0.25) is 0 Å². The molecule has 0 aliphatic carbocycles. The number of hydrogen-bond acceptors (Lipinski definition) is 1. The molecule has 88 valence electrons. The topological polar surface area (TPSA) is 12.0 Å². The van der Waals surface area contributed by atoms with Gasteiger partial charge in [-0.2, -0.15) is 13.2 Å². The highest BCUT2D eigenvalue weighted by atomic mass is 19.4. The van der Waals surface area contributed by atoms with E-state index in [1.54, 1.807) is 19.2 Å². The second-order valence-electron chi connectivity index (χ2n) is 3.53. The predicted molar refractivity (Wildman–Crippen MR) is 58.2 cm³/mol. The molecule has 1 nitrogen and oxygen atoms in total. The van der Waals surface area contributed by atoms with E-state index in [-0.39, 0.29) is 6.04 Å². The number of benzene rings is 1. The minimum absolute atomic E-state index is 0.0107. The van der Waals surface area contributed by atoms with Gasteiger partial charge in [0, 0.05) is 6.04 Å². The fourth-order valence-corrected chi connectivity index (χ4v) is 1.43. The van der Waals surface area contributed by atoms with Gasteiger partial charge in [-0.05, 0) is 25.1 Å². The zero-order chi connectivity index (χ0) is 12.2. The fourth-order valence-electron chi connectivity index (χ4n) is 1.43. The quantitative estimate of drug-likeness (QED) is 0.782. The number of alkyl halides is 3. The van der Waals surface area contributed by atoms with E-state index in [1.165, 1.54) is 12.1 Å². The van der Waals surface area contributed by atoms with Gasteiger partial charge >= 0.3 is 6.18 Å². The largest absolute Gasteiger partial charge is 0.416 e. The minimum Gasteiger partial charge on any atom is -0.313 e. The lowest BCUT2D eigenvalue weighted by atomic mass is 10.0. The van der Waals surface area contributed by atoms with E-state index in [1.807, 2.05) is 0 Å². The highest BCUT2D eigenvalue weighted by molar-refractivity contribution is 5.26. The molecule has 1 N–H and O–H groups in total. The molecule has 1 aromatic carbocycles. The summed E-state index contributed by atoms with van der Waals surface area (Å²) >= 11 is 0. The van der Waals surface area contributed by atoms with E-state index in [9.17, 15) is 13.2 Å². The number of hydrogen-bond donors (Lipinski definition) is 1. The van der Waals surface area contributed by atoms with Gasteiger partial charge in [0.1, 0.15) is 0 Å². The molecular weight excluding hydrogens is 215 g/mol. The number of likely N-dealkylation sites (N-methyl/N-ethyl adjacent to an activating group) is 1. The van der Waals surface area contributed by atoms with E-state index >= 15 is 0 Å². The summed E-state index contributed by atoms with van der Waals surface area (Å²) in [6, 6.07) is 5.35. The van der Waals surface area contributed by atoms with E-state index in [2.05, 4.69) is 11.9 Å². The zero-order valence-corrected chi connectivity index (χ0v) is 9.01. The lowest BCUT2D eigenvalue weighted by Crippen LogP contribution is -2.24. The van der Waals surface area contributed by atoms with Crippen molar-refractivity contribution in [1.29, 1.82) is 0 Å². The molecule has 1 aromatic rings. The molecule has 0 bridgehead atoms. The molecule has 0 fully saturated rings. The SMILES string of the molecule is C=CC(Cc1cccc(C(F)(F)F)c1)NC. The van der Waals surface area contributed by atoms with Crippen LogP contribution in [0.4, 0.5) is 13.2 Å². The van der Waals surface area contributed by atoms with Crippen molar-refractivity contribution in [3.05, 3.63) is 48.0 Å². The Bertz CT molecular complexity index is 358. The van der Waals surface area contributed by atoms with Crippen molar-refractivity contribution in [3.63, 3.8) is 0 Å². The average molecular weight is 229 g/mol. The van der Waals surface area contributed by atoms with Gasteiger partial charge in [-0.3, -0.25) is 0 Å². The van der Waals surface area contributed by atoms with Crippen LogP contribution in [0.2, 0.25) is 0 Å². The molecule has 0 spiro atoms. The van der Waals surface area contributed by atoms with Crippen LogP contribution in [-0.4, -0.2) is 13.1 Å². The van der Waals surface area contributed by atoms with Crippen molar-refractivity contribution >= 4 is 0 Å². The van der Waals surface area contributed by atoms with Crippen molar-refractivity contribution in [1.82, 2.24) is 5.32 Å². The molecule has 1 atom stereocenters. The molecular formula is C12H14F3N. The summed E-state index contributed by atoms with van der Waals surface area (Å²) in [6.45, 7) is 3.61. The predicted octanol–water partition coefficient (Wildman–Crippen LogP) is 3.02. The lowest BCUT2D eigenvalue weighted by molar-refractivity contribution is -0.137. The van der Waals surface area contributed by atoms with Crippen molar-refractivity contribution in [2.75, 3.05) is 7.05 Å². The van der Waals surface area contributed by atoms with Crippen LogP contribution in [0, 0.1) is 0 Å². The van der Waals surface area contributed by atoms with Crippen molar-refractivity contribution in [2.24, 2.45) is 0 Å². The van der Waals surface area contributed by atoms with Crippen LogP contribution < -0.4 is 5.32 Å². The van der Waals surface area contributed by atoms with Crippen LogP contribution in [0.25, 0.3) is 0 Å². The first-order valence-electron chi connectivity index (χ1n) is 4.93. The number of rotatable bonds is 4. The number of nitrogens with one attached hydrogen (secondary N) is 1. The van der Waals surface area contributed by atoms with E-state index in [4.69, 9.17) is 0 Å². The summed E-state index contributed by atoms with van der Waals surface area (Å²) in [4.78, 5) is 0. The summed E-state index contributed by atoms with van der Waals surface area (Å²) in [7, 11) is 1.75. The van der Waals surface area contributed by atoms with Crippen LogP contribution >= 0.6 is 0 Å². The Morgan fingerprint density at radius 3 is 2.62 bits per heavy atom. The Balaban J connectivity index is 2.86. The van der Waals surface area contributed by atoms with E-state index < -0.39 is 11.7 Å². The van der Waals surface area contributed by atoms with Crippen molar-refractivity contribution < 1.29 is 13.2 Å². The maximum atomic E-state index is 12.4. The van der Waals surface area contributed by atoms with Gasteiger partial charge in [-0.25, -0.2) is 0 Å². The van der Waals surface area contributed by atoms with Gasteiger partial charge in [0.25, 0.3) is 0 Å². The molecule has 16 heavy (non-hydrogen) atoms. The summed E-state index contributed by atoms with van der Waals surface area (Å²) in [5.74, 6) is 0. The normalized spacial score (nSPS) is 13.5. The molecule has 0 saturated carbocycles. The maximum absolute atomic E-state index is 12.4. The average Bonchev–Trinajstić information content (AvgIpc) is 2.25. The van der Waals surface area contributed by atoms with Crippen LogP contribution in [-0.2, 0) is 12.6 Å². The monoisotopic (exact) mass is 229 g/mol. The van der Waals surface area contributed by atoms with Crippen molar-refractivity contribution in [2.45, 2.75) is 18.6 Å². The Morgan fingerprint density at radius 2 is 2.12 bits per heavy atom. The Labute approximate surface area is 93.0 Å². The second kappa shape index (κ2) is 5.16. The molecule has 0 aromatic heterocycles. The van der Waals surface area contributed by atoms with Crippen LogP contribution in [0.5, 0.6) is 0 Å². The van der Waals surface area contributed by atoms with Crippen LogP contribution in [0.3, 0.4) is 0 Å². The summed E-state index contributed by atoms with van der Waals surface area (Å²) in [5.41, 5.74) is 0.0398. The van der Waals surface area contributed by atoms with Gasteiger partial charge in [0.05, 0.1) is 5.56 Å². The molecule has 0 amide bonds. The van der Waals surface area contributed by atoms with Crippen LogP contribution in [0.15, 0.2) is 36.9 Å². The summed E-state index contributed by atoms with van der Waals surface area (Å²) in [6.07, 6.45) is -2.09. The molecule has 0 aliphatic heterocycles. The van der Waals surface area contributed by atoms with E-state index in [0.717, 1.165) is 6.07 Å². The van der Waals surface area contributed by atoms with Gasteiger partial charge in [-0.15, -0.1) is 6.58 Å². The highest BCUT2D eigenvalue weighted by Gasteiger charge is 2.30. The lowest BCUT2D eigenvalue weighted by Gasteiger charge is -2.13. The Hall–Kier alpha value is -1.29.